The van der Waals surface area contributed by atoms with Gasteiger partial charge in [-0.05, 0) is 37.1 Å². The zero-order chi connectivity index (χ0) is 14.8. The summed E-state index contributed by atoms with van der Waals surface area (Å²) in [6, 6.07) is 8.79. The maximum absolute atomic E-state index is 13.7. The molecule has 1 aliphatic carbocycles. The van der Waals surface area contributed by atoms with Gasteiger partial charge in [0, 0.05) is 29.2 Å². The Balaban J connectivity index is 1.86. The summed E-state index contributed by atoms with van der Waals surface area (Å²) in [6.07, 6.45) is 2.30. The smallest absolute Gasteiger partial charge is 0.165 e. The Kier molecular flexibility index (Phi) is 4.08. The molecular formula is C16H14ClF2NO. The van der Waals surface area contributed by atoms with Gasteiger partial charge in [-0.3, -0.25) is 0 Å². The van der Waals surface area contributed by atoms with E-state index in [0.717, 1.165) is 36.6 Å². The van der Waals surface area contributed by atoms with Crippen LogP contribution in [-0.4, -0.2) is 6.04 Å². The van der Waals surface area contributed by atoms with Crippen molar-refractivity contribution in [3.8, 4) is 11.5 Å². The van der Waals surface area contributed by atoms with Crippen molar-refractivity contribution in [2.45, 2.75) is 25.4 Å². The second-order valence-electron chi connectivity index (χ2n) is 5.05. The number of nitrogens with one attached hydrogen (secondary N) is 1. The standard InChI is InChI=1S/C16H14ClF2NO/c17-13-2-1-3-15(12(13)9-20-11-5-6-11)21-16-8-10(18)4-7-14(16)19/h1-4,7-8,11,20H,5-6,9H2. The van der Waals surface area contributed by atoms with Crippen molar-refractivity contribution in [1.29, 1.82) is 0 Å². The molecule has 0 atom stereocenters. The van der Waals surface area contributed by atoms with Gasteiger partial charge >= 0.3 is 0 Å². The van der Waals surface area contributed by atoms with Crippen molar-refractivity contribution in [1.82, 2.24) is 5.32 Å². The maximum Gasteiger partial charge on any atom is 0.165 e. The number of hydrogen-bond donors (Lipinski definition) is 1. The van der Waals surface area contributed by atoms with Gasteiger partial charge in [0.15, 0.2) is 11.6 Å². The Morgan fingerprint density at radius 1 is 1.14 bits per heavy atom. The molecule has 21 heavy (non-hydrogen) atoms. The quantitative estimate of drug-likeness (QED) is 0.867. The molecule has 0 heterocycles. The Labute approximate surface area is 126 Å². The van der Waals surface area contributed by atoms with Crippen LogP contribution in [-0.2, 0) is 6.54 Å². The van der Waals surface area contributed by atoms with E-state index in [0.29, 0.717) is 23.4 Å². The Morgan fingerprint density at radius 3 is 2.71 bits per heavy atom. The van der Waals surface area contributed by atoms with Gasteiger partial charge in [-0.1, -0.05) is 17.7 Å². The molecule has 2 nitrogen and oxygen atoms in total. The average molecular weight is 310 g/mol. The summed E-state index contributed by atoms with van der Waals surface area (Å²) in [6.45, 7) is 0.538. The molecule has 1 N–H and O–H groups in total. The highest BCUT2D eigenvalue weighted by Gasteiger charge is 2.21. The van der Waals surface area contributed by atoms with Gasteiger partial charge in [-0.2, -0.15) is 0 Å². The van der Waals surface area contributed by atoms with Gasteiger partial charge in [0.25, 0.3) is 0 Å². The van der Waals surface area contributed by atoms with Crippen molar-refractivity contribution in [3.05, 3.63) is 58.6 Å². The van der Waals surface area contributed by atoms with Crippen molar-refractivity contribution in [2.24, 2.45) is 0 Å². The van der Waals surface area contributed by atoms with Crippen LogP contribution in [0, 0.1) is 11.6 Å². The van der Waals surface area contributed by atoms with Crippen LogP contribution in [0.15, 0.2) is 36.4 Å². The Morgan fingerprint density at radius 2 is 1.95 bits per heavy atom. The minimum Gasteiger partial charge on any atom is -0.454 e. The normalized spacial score (nSPS) is 14.2. The Hall–Kier alpha value is -1.65. The first kappa shape index (κ1) is 14.3. The van der Waals surface area contributed by atoms with Crippen LogP contribution in [0.2, 0.25) is 5.02 Å². The molecular weight excluding hydrogens is 296 g/mol. The molecule has 0 aliphatic heterocycles. The van der Waals surface area contributed by atoms with Crippen LogP contribution in [0.3, 0.4) is 0 Å². The molecule has 0 aromatic heterocycles. The zero-order valence-electron chi connectivity index (χ0n) is 11.2. The fourth-order valence-corrected chi connectivity index (χ4v) is 2.25. The molecule has 5 heteroatoms. The van der Waals surface area contributed by atoms with Crippen LogP contribution >= 0.6 is 11.6 Å². The lowest BCUT2D eigenvalue weighted by Gasteiger charge is -2.13. The molecule has 0 spiro atoms. The van der Waals surface area contributed by atoms with Gasteiger partial charge in [0.2, 0.25) is 0 Å². The van der Waals surface area contributed by atoms with E-state index in [-0.39, 0.29) is 5.75 Å². The van der Waals surface area contributed by atoms with Crippen molar-refractivity contribution in [2.75, 3.05) is 0 Å². The number of rotatable bonds is 5. The highest BCUT2D eigenvalue weighted by Crippen LogP contribution is 2.32. The van der Waals surface area contributed by atoms with Crippen LogP contribution in [0.25, 0.3) is 0 Å². The fourth-order valence-electron chi connectivity index (χ4n) is 2.01. The number of ether oxygens (including phenoxy) is 1. The third-order valence-corrected chi connectivity index (χ3v) is 3.69. The topological polar surface area (TPSA) is 21.3 Å². The van der Waals surface area contributed by atoms with Crippen LogP contribution in [0.5, 0.6) is 11.5 Å². The molecule has 1 aliphatic rings. The summed E-state index contributed by atoms with van der Waals surface area (Å²) in [5.74, 6) is -0.881. The summed E-state index contributed by atoms with van der Waals surface area (Å²) in [5.41, 5.74) is 0.745. The molecule has 110 valence electrons. The lowest BCUT2D eigenvalue weighted by molar-refractivity contribution is 0.430. The van der Waals surface area contributed by atoms with Gasteiger partial charge in [-0.15, -0.1) is 0 Å². The summed E-state index contributed by atoms with van der Waals surface area (Å²) in [5, 5.41) is 3.87. The number of hydrogen-bond acceptors (Lipinski definition) is 2. The van der Waals surface area contributed by atoms with E-state index in [1.54, 1.807) is 18.2 Å². The monoisotopic (exact) mass is 309 g/mol. The average Bonchev–Trinajstić information content (AvgIpc) is 3.26. The SMILES string of the molecule is Fc1ccc(F)c(Oc2cccc(Cl)c2CNC2CC2)c1. The third kappa shape index (κ3) is 3.52. The van der Waals surface area contributed by atoms with E-state index in [1.165, 1.54) is 0 Å². The van der Waals surface area contributed by atoms with E-state index in [2.05, 4.69) is 5.32 Å². The highest BCUT2D eigenvalue weighted by molar-refractivity contribution is 6.31. The second-order valence-corrected chi connectivity index (χ2v) is 5.46. The third-order valence-electron chi connectivity index (χ3n) is 3.33. The van der Waals surface area contributed by atoms with Crippen LogP contribution < -0.4 is 10.1 Å². The zero-order valence-corrected chi connectivity index (χ0v) is 12.0. The van der Waals surface area contributed by atoms with Gasteiger partial charge in [0.05, 0.1) is 0 Å². The fraction of sp³-hybridized carbons (Fsp3) is 0.250. The van der Waals surface area contributed by atoms with Gasteiger partial charge < -0.3 is 10.1 Å². The molecule has 0 amide bonds. The van der Waals surface area contributed by atoms with Gasteiger partial charge in [0.1, 0.15) is 11.6 Å². The van der Waals surface area contributed by atoms with E-state index >= 15 is 0 Å². The molecule has 3 rings (SSSR count). The highest BCUT2D eigenvalue weighted by atomic mass is 35.5. The lowest BCUT2D eigenvalue weighted by atomic mass is 10.2. The van der Waals surface area contributed by atoms with Gasteiger partial charge in [-0.25, -0.2) is 8.78 Å². The van der Waals surface area contributed by atoms with Crippen molar-refractivity contribution >= 4 is 11.6 Å². The molecule has 1 saturated carbocycles. The minimum absolute atomic E-state index is 0.148. The first-order valence-electron chi connectivity index (χ1n) is 6.77. The van der Waals surface area contributed by atoms with Crippen LogP contribution in [0.1, 0.15) is 18.4 Å². The molecule has 0 bridgehead atoms. The molecule has 2 aromatic rings. The summed E-state index contributed by atoms with van der Waals surface area (Å²) in [4.78, 5) is 0. The molecule has 2 aromatic carbocycles. The molecule has 0 saturated heterocycles. The Bertz CT molecular complexity index is 659. The second kappa shape index (κ2) is 6.00. The van der Waals surface area contributed by atoms with E-state index in [1.807, 2.05) is 0 Å². The van der Waals surface area contributed by atoms with Crippen LogP contribution in [0.4, 0.5) is 8.78 Å². The van der Waals surface area contributed by atoms with Crippen molar-refractivity contribution in [3.63, 3.8) is 0 Å². The van der Waals surface area contributed by atoms with Crippen molar-refractivity contribution < 1.29 is 13.5 Å². The summed E-state index contributed by atoms with van der Waals surface area (Å²) >= 11 is 6.18. The largest absolute Gasteiger partial charge is 0.454 e. The molecule has 1 fully saturated rings. The molecule has 0 unspecified atom stereocenters. The first-order valence-corrected chi connectivity index (χ1v) is 7.15. The predicted octanol–water partition coefficient (Wildman–Crippen LogP) is 4.66. The maximum atomic E-state index is 13.7. The lowest BCUT2D eigenvalue weighted by Crippen LogP contribution is -2.16. The first-order chi connectivity index (χ1) is 10.1. The number of benzene rings is 2. The predicted molar refractivity (Wildman–Crippen MR) is 77.7 cm³/mol. The minimum atomic E-state index is -0.613. The van der Waals surface area contributed by atoms with E-state index in [9.17, 15) is 8.78 Å². The summed E-state index contributed by atoms with van der Waals surface area (Å²) in [7, 11) is 0. The molecule has 0 radical (unpaired) electrons. The van der Waals surface area contributed by atoms with E-state index < -0.39 is 11.6 Å². The number of halogens is 3. The van der Waals surface area contributed by atoms with E-state index in [4.69, 9.17) is 16.3 Å². The summed E-state index contributed by atoms with van der Waals surface area (Å²) < 4.78 is 32.4.